The molecule has 2 rings (SSSR count). The normalized spacial score (nSPS) is 16.9. The van der Waals surface area contributed by atoms with Gasteiger partial charge in [-0.15, -0.1) is 0 Å². The van der Waals surface area contributed by atoms with Gasteiger partial charge in [0.2, 0.25) is 11.8 Å². The van der Waals surface area contributed by atoms with Crippen molar-refractivity contribution in [3.05, 3.63) is 35.6 Å². The summed E-state index contributed by atoms with van der Waals surface area (Å²) in [6.45, 7) is 3.40. The molecule has 1 saturated heterocycles. The van der Waals surface area contributed by atoms with Gasteiger partial charge in [0, 0.05) is 38.0 Å². The Hall–Kier alpha value is -1.95. The number of carbonyl (C=O) groups excluding carboxylic acids is 2. The molecule has 0 bridgehead atoms. The summed E-state index contributed by atoms with van der Waals surface area (Å²) in [4.78, 5) is 25.9. The van der Waals surface area contributed by atoms with E-state index in [4.69, 9.17) is 5.73 Å². The topological polar surface area (TPSA) is 75.4 Å². The van der Waals surface area contributed by atoms with Crippen molar-refractivity contribution in [1.29, 1.82) is 0 Å². The Kier molecular flexibility index (Phi) is 6.10. The summed E-state index contributed by atoms with van der Waals surface area (Å²) in [6.07, 6.45) is 1.68. The van der Waals surface area contributed by atoms with Crippen LogP contribution >= 0.6 is 0 Å². The maximum atomic E-state index is 12.8. The lowest BCUT2D eigenvalue weighted by Gasteiger charge is -2.31. The average Bonchev–Trinajstić information content (AvgIpc) is 2.53. The van der Waals surface area contributed by atoms with Crippen molar-refractivity contribution >= 4 is 11.8 Å². The van der Waals surface area contributed by atoms with Crippen LogP contribution in [0.25, 0.3) is 0 Å². The Balaban J connectivity index is 1.75. The van der Waals surface area contributed by atoms with Crippen LogP contribution in [-0.4, -0.2) is 35.8 Å². The molecule has 6 heteroatoms. The van der Waals surface area contributed by atoms with Gasteiger partial charge in [-0.05, 0) is 37.5 Å². The summed E-state index contributed by atoms with van der Waals surface area (Å²) < 4.78 is 12.8. The van der Waals surface area contributed by atoms with Gasteiger partial charge >= 0.3 is 0 Å². The van der Waals surface area contributed by atoms with Crippen LogP contribution in [0.5, 0.6) is 0 Å². The highest BCUT2D eigenvalue weighted by Crippen LogP contribution is 2.18. The maximum absolute atomic E-state index is 12.8. The average molecular weight is 321 g/mol. The van der Waals surface area contributed by atoms with E-state index in [1.54, 1.807) is 17.0 Å². The zero-order valence-corrected chi connectivity index (χ0v) is 13.4. The number of nitrogens with one attached hydrogen (secondary N) is 1. The monoisotopic (exact) mass is 321 g/mol. The number of benzene rings is 1. The van der Waals surface area contributed by atoms with E-state index in [0.29, 0.717) is 38.9 Å². The Labute approximate surface area is 136 Å². The first-order valence-corrected chi connectivity index (χ1v) is 8.01. The van der Waals surface area contributed by atoms with Gasteiger partial charge in [-0.25, -0.2) is 4.39 Å². The van der Waals surface area contributed by atoms with Crippen molar-refractivity contribution in [2.24, 2.45) is 11.7 Å². The number of amides is 2. The van der Waals surface area contributed by atoms with E-state index in [0.717, 1.165) is 5.56 Å². The molecule has 5 nitrogen and oxygen atoms in total. The van der Waals surface area contributed by atoms with Crippen LogP contribution in [0.3, 0.4) is 0 Å². The van der Waals surface area contributed by atoms with Crippen molar-refractivity contribution in [3.63, 3.8) is 0 Å². The van der Waals surface area contributed by atoms with Crippen LogP contribution in [0.1, 0.15) is 31.7 Å². The molecular weight excluding hydrogens is 297 g/mol. The fourth-order valence-electron chi connectivity index (χ4n) is 2.73. The third kappa shape index (κ3) is 5.32. The molecule has 0 aliphatic carbocycles. The molecule has 0 saturated carbocycles. The lowest BCUT2D eigenvalue weighted by atomic mass is 9.95. The van der Waals surface area contributed by atoms with Gasteiger partial charge < -0.3 is 16.0 Å². The summed E-state index contributed by atoms with van der Waals surface area (Å²) in [7, 11) is 0. The third-order valence-electron chi connectivity index (χ3n) is 4.10. The zero-order valence-electron chi connectivity index (χ0n) is 13.4. The van der Waals surface area contributed by atoms with Gasteiger partial charge in [-0.3, -0.25) is 9.59 Å². The van der Waals surface area contributed by atoms with Gasteiger partial charge in [0.1, 0.15) is 5.82 Å². The molecule has 0 spiro atoms. The molecule has 1 heterocycles. The smallest absolute Gasteiger partial charge is 0.224 e. The second kappa shape index (κ2) is 8.06. The first-order chi connectivity index (χ1) is 11.0. The number of halogens is 1. The fraction of sp³-hybridized carbons (Fsp3) is 0.529. The minimum absolute atomic E-state index is 0.00591. The molecule has 1 fully saturated rings. The highest BCUT2D eigenvalue weighted by molar-refractivity contribution is 5.80. The number of carbonyl (C=O) groups is 2. The predicted molar refractivity (Wildman–Crippen MR) is 85.8 cm³/mol. The second-order valence-electron chi connectivity index (χ2n) is 6.18. The highest BCUT2D eigenvalue weighted by atomic mass is 19.1. The second-order valence-corrected chi connectivity index (χ2v) is 6.18. The third-order valence-corrected chi connectivity index (χ3v) is 4.10. The lowest BCUT2D eigenvalue weighted by Crippen LogP contribution is -2.44. The van der Waals surface area contributed by atoms with E-state index in [-0.39, 0.29) is 29.6 Å². The number of nitrogens with two attached hydrogens (primary N) is 1. The minimum Gasteiger partial charge on any atom is -0.352 e. The molecule has 0 radical (unpaired) electrons. The molecule has 1 atom stereocenters. The van der Waals surface area contributed by atoms with E-state index in [2.05, 4.69) is 5.32 Å². The predicted octanol–water partition coefficient (Wildman–Crippen LogP) is 1.42. The summed E-state index contributed by atoms with van der Waals surface area (Å²) in [5, 5.41) is 2.88. The molecular formula is C17H24FN3O2. The molecule has 1 aromatic carbocycles. The van der Waals surface area contributed by atoms with E-state index in [1.165, 1.54) is 12.1 Å². The van der Waals surface area contributed by atoms with E-state index in [9.17, 15) is 14.0 Å². The Morgan fingerprint density at radius 1 is 1.30 bits per heavy atom. The molecule has 1 unspecified atom stereocenters. The fourth-order valence-corrected chi connectivity index (χ4v) is 2.73. The number of likely N-dealkylation sites (tertiary alicyclic amines) is 1. The minimum atomic E-state index is -0.288. The van der Waals surface area contributed by atoms with Gasteiger partial charge in [0.25, 0.3) is 0 Å². The molecule has 3 N–H and O–H groups in total. The van der Waals surface area contributed by atoms with E-state index < -0.39 is 0 Å². The van der Waals surface area contributed by atoms with Crippen LogP contribution < -0.4 is 11.1 Å². The summed E-state index contributed by atoms with van der Waals surface area (Å²) in [5.74, 6) is -0.308. The number of nitrogens with zero attached hydrogens (tertiary/aromatic N) is 1. The summed E-state index contributed by atoms with van der Waals surface area (Å²) >= 11 is 0. The van der Waals surface area contributed by atoms with Crippen LogP contribution in [0.15, 0.2) is 24.3 Å². The van der Waals surface area contributed by atoms with E-state index >= 15 is 0 Å². The molecule has 0 aromatic heterocycles. The Bertz CT molecular complexity index is 537. The van der Waals surface area contributed by atoms with Crippen LogP contribution in [0, 0.1) is 11.7 Å². The largest absolute Gasteiger partial charge is 0.352 e. The first-order valence-electron chi connectivity index (χ1n) is 8.01. The molecule has 23 heavy (non-hydrogen) atoms. The van der Waals surface area contributed by atoms with Crippen LogP contribution in [0.4, 0.5) is 4.39 Å². The van der Waals surface area contributed by atoms with Crippen molar-refractivity contribution in [2.75, 3.05) is 13.1 Å². The van der Waals surface area contributed by atoms with Crippen molar-refractivity contribution < 1.29 is 14.0 Å². The van der Waals surface area contributed by atoms with Gasteiger partial charge in [0.05, 0.1) is 0 Å². The quantitative estimate of drug-likeness (QED) is 0.861. The van der Waals surface area contributed by atoms with Crippen molar-refractivity contribution in [2.45, 2.75) is 38.8 Å². The highest BCUT2D eigenvalue weighted by Gasteiger charge is 2.27. The molecule has 1 aromatic rings. The summed E-state index contributed by atoms with van der Waals surface area (Å²) in [6, 6.07) is 5.93. The van der Waals surface area contributed by atoms with Crippen molar-refractivity contribution in [1.82, 2.24) is 10.2 Å². The number of hydrogen-bond acceptors (Lipinski definition) is 3. The molecule has 1 aliphatic rings. The number of rotatable bonds is 5. The maximum Gasteiger partial charge on any atom is 0.224 e. The zero-order chi connectivity index (χ0) is 16.8. The Morgan fingerprint density at radius 2 is 1.91 bits per heavy atom. The molecule has 126 valence electrons. The standard InChI is InChI=1S/C17H24FN3O2/c1-12(19)10-16(22)21-8-6-14(7-9-21)17(23)20-11-13-2-4-15(18)5-3-13/h2-5,12,14H,6-11,19H2,1H3,(H,20,23). The van der Waals surface area contributed by atoms with E-state index in [1.807, 2.05) is 6.92 Å². The number of hydrogen-bond donors (Lipinski definition) is 2. The van der Waals surface area contributed by atoms with Crippen LogP contribution in [-0.2, 0) is 16.1 Å². The number of piperidine rings is 1. The first kappa shape index (κ1) is 17.4. The van der Waals surface area contributed by atoms with Crippen LogP contribution in [0.2, 0.25) is 0 Å². The van der Waals surface area contributed by atoms with Gasteiger partial charge in [-0.2, -0.15) is 0 Å². The van der Waals surface area contributed by atoms with Gasteiger partial charge in [-0.1, -0.05) is 12.1 Å². The SMILES string of the molecule is CC(N)CC(=O)N1CCC(C(=O)NCc2ccc(F)cc2)CC1. The summed E-state index contributed by atoms with van der Waals surface area (Å²) in [5.41, 5.74) is 6.51. The Morgan fingerprint density at radius 3 is 2.48 bits per heavy atom. The van der Waals surface area contributed by atoms with Crippen molar-refractivity contribution in [3.8, 4) is 0 Å². The van der Waals surface area contributed by atoms with Gasteiger partial charge in [0.15, 0.2) is 0 Å². The lowest BCUT2D eigenvalue weighted by molar-refractivity contribution is -0.135. The molecule has 2 amide bonds. The molecule has 1 aliphatic heterocycles.